The topological polar surface area (TPSA) is 60.1 Å². The number of aryl methyl sites for hydroxylation is 1. The van der Waals surface area contributed by atoms with Gasteiger partial charge in [0.1, 0.15) is 5.82 Å². The number of nitrogens with zero attached hydrogens (tertiary/aromatic N) is 4. The molecule has 0 unspecified atom stereocenters. The molecular weight excluding hydrogens is 459 g/mol. The lowest BCUT2D eigenvalue weighted by Crippen LogP contribution is -2.34. The number of nitrogens with one attached hydrogen (secondary N) is 1. The van der Waals surface area contributed by atoms with Crippen LogP contribution in [0.2, 0.25) is 0 Å². The summed E-state index contributed by atoms with van der Waals surface area (Å²) in [4.78, 5) is 6.79. The van der Waals surface area contributed by atoms with Crippen LogP contribution in [0.1, 0.15) is 47.4 Å². The Balaban J connectivity index is 1.57. The lowest BCUT2D eigenvalue weighted by molar-refractivity contribution is 0.315. The fourth-order valence-electron chi connectivity index (χ4n) is 5.38. The first-order valence-corrected chi connectivity index (χ1v) is 12.8. The first kappa shape index (κ1) is 25.4. The summed E-state index contributed by atoms with van der Waals surface area (Å²) < 4.78 is 15.4. The van der Waals surface area contributed by atoms with Crippen LogP contribution in [-0.2, 0) is 0 Å². The van der Waals surface area contributed by atoms with Gasteiger partial charge in [-0.05, 0) is 94.2 Å². The molecule has 188 valence electrons. The molecule has 2 aromatic rings. The molecule has 1 atom stereocenters. The zero-order chi connectivity index (χ0) is 25.1. The highest BCUT2D eigenvalue weighted by molar-refractivity contribution is 7.80. The van der Waals surface area contributed by atoms with Crippen molar-refractivity contribution in [3.05, 3.63) is 58.4 Å². The van der Waals surface area contributed by atoms with Crippen LogP contribution < -0.4 is 21.0 Å². The van der Waals surface area contributed by atoms with Crippen LogP contribution in [0.3, 0.4) is 0 Å². The Hall–Kier alpha value is -2.71. The van der Waals surface area contributed by atoms with Crippen molar-refractivity contribution in [2.75, 3.05) is 50.1 Å². The third kappa shape index (κ3) is 5.76. The normalized spacial score (nSPS) is 19.2. The number of likely N-dealkylation sites (N-methyl/N-ethyl adjacent to an activating group) is 1. The number of hydrogen-bond acceptors (Lipinski definition) is 5. The van der Waals surface area contributed by atoms with Crippen LogP contribution in [0.25, 0.3) is 0 Å². The Bertz CT molecular complexity index is 1090. The quantitative estimate of drug-likeness (QED) is 0.356. The highest BCUT2D eigenvalue weighted by atomic mass is 32.1. The van der Waals surface area contributed by atoms with Crippen LogP contribution in [0.5, 0.6) is 0 Å². The van der Waals surface area contributed by atoms with Crippen LogP contribution in [0.4, 0.5) is 15.8 Å². The summed E-state index contributed by atoms with van der Waals surface area (Å²) in [6.45, 7) is 7.89. The molecule has 0 radical (unpaired) electrons. The first-order chi connectivity index (χ1) is 16.7. The van der Waals surface area contributed by atoms with E-state index in [9.17, 15) is 0 Å². The number of thiocarbonyl (C=S) groups is 1. The predicted octanol–water partition coefficient (Wildman–Crippen LogP) is 4.13. The van der Waals surface area contributed by atoms with Gasteiger partial charge in [0.05, 0.1) is 11.9 Å². The second-order valence-corrected chi connectivity index (χ2v) is 10.4. The third-order valence-electron chi connectivity index (χ3n) is 7.63. The van der Waals surface area contributed by atoms with Crippen molar-refractivity contribution >= 4 is 34.9 Å². The van der Waals surface area contributed by atoms with Gasteiger partial charge in [-0.25, -0.2) is 4.39 Å². The molecule has 4 rings (SSSR count). The van der Waals surface area contributed by atoms with Gasteiger partial charge in [0.2, 0.25) is 0 Å². The number of piperidine rings is 1. The smallest absolute Gasteiger partial charge is 0.184 e. The minimum atomic E-state index is -0.223. The molecule has 2 aromatic carbocycles. The number of benzene rings is 2. The fourth-order valence-corrected chi connectivity index (χ4v) is 5.43. The van der Waals surface area contributed by atoms with Crippen molar-refractivity contribution in [1.29, 1.82) is 0 Å². The summed E-state index contributed by atoms with van der Waals surface area (Å²) in [5.74, 6) is 0.296. The molecule has 2 aliphatic rings. The SMILES string of the molecule is Cc1cccc(C2CCN(c3cc(N4CC[C@@H](N(C)C)C4)c(/C=N/NC(N)=S)cc3F)CC2)c1C. The largest absolute Gasteiger partial charge is 0.375 e. The van der Waals surface area contributed by atoms with Gasteiger partial charge in [-0.3, -0.25) is 5.43 Å². The van der Waals surface area contributed by atoms with Crippen molar-refractivity contribution in [3.63, 3.8) is 0 Å². The average Bonchev–Trinajstić information content (AvgIpc) is 3.32. The molecule has 2 heterocycles. The molecule has 3 N–H and O–H groups in total. The Morgan fingerprint density at radius 1 is 1.11 bits per heavy atom. The van der Waals surface area contributed by atoms with Gasteiger partial charge >= 0.3 is 0 Å². The van der Waals surface area contributed by atoms with Gasteiger partial charge < -0.3 is 20.4 Å². The number of anilines is 2. The minimum Gasteiger partial charge on any atom is -0.375 e. The number of halogens is 1. The van der Waals surface area contributed by atoms with Gasteiger partial charge in [-0.15, -0.1) is 0 Å². The molecule has 2 fully saturated rings. The van der Waals surface area contributed by atoms with E-state index in [0.717, 1.165) is 56.7 Å². The van der Waals surface area contributed by atoms with E-state index < -0.39 is 0 Å². The van der Waals surface area contributed by atoms with Crippen LogP contribution >= 0.6 is 12.2 Å². The van der Waals surface area contributed by atoms with Gasteiger partial charge in [-0.2, -0.15) is 5.10 Å². The van der Waals surface area contributed by atoms with Crippen molar-refractivity contribution in [2.45, 2.75) is 45.1 Å². The fraction of sp³-hybridized carbons (Fsp3) is 0.481. The number of hydrogen-bond donors (Lipinski definition) is 2. The van der Waals surface area contributed by atoms with E-state index in [0.29, 0.717) is 17.6 Å². The molecule has 8 heteroatoms. The number of nitrogens with two attached hydrogens (primary N) is 1. The van der Waals surface area contributed by atoms with E-state index in [4.69, 9.17) is 18.0 Å². The van der Waals surface area contributed by atoms with E-state index in [-0.39, 0.29) is 10.9 Å². The molecule has 0 bridgehead atoms. The molecule has 0 spiro atoms. The maximum Gasteiger partial charge on any atom is 0.184 e. The van der Waals surface area contributed by atoms with Crippen LogP contribution in [-0.4, -0.2) is 62.5 Å². The van der Waals surface area contributed by atoms with Crippen molar-refractivity contribution in [1.82, 2.24) is 10.3 Å². The second kappa shape index (κ2) is 10.9. The van der Waals surface area contributed by atoms with Gasteiger partial charge in [-0.1, -0.05) is 18.2 Å². The molecule has 0 aromatic heterocycles. The van der Waals surface area contributed by atoms with Gasteiger partial charge in [0, 0.05) is 43.5 Å². The molecule has 0 aliphatic carbocycles. The summed E-state index contributed by atoms with van der Waals surface area (Å²) >= 11 is 4.84. The lowest BCUT2D eigenvalue weighted by Gasteiger charge is -2.35. The summed E-state index contributed by atoms with van der Waals surface area (Å²) in [7, 11) is 4.22. The highest BCUT2D eigenvalue weighted by Crippen LogP contribution is 2.37. The van der Waals surface area contributed by atoms with E-state index in [1.165, 1.54) is 16.7 Å². The monoisotopic (exact) mass is 496 g/mol. The van der Waals surface area contributed by atoms with Gasteiger partial charge in [0.15, 0.2) is 5.11 Å². The maximum atomic E-state index is 15.4. The summed E-state index contributed by atoms with van der Waals surface area (Å²) in [6.07, 6.45) is 4.72. The maximum absolute atomic E-state index is 15.4. The predicted molar refractivity (Wildman–Crippen MR) is 148 cm³/mol. The Labute approximate surface area is 214 Å². The molecule has 35 heavy (non-hydrogen) atoms. The van der Waals surface area contributed by atoms with Gasteiger partial charge in [0.25, 0.3) is 0 Å². The lowest BCUT2D eigenvalue weighted by atomic mass is 9.85. The van der Waals surface area contributed by atoms with E-state index in [1.807, 2.05) is 6.07 Å². The Kier molecular flexibility index (Phi) is 7.91. The second-order valence-electron chi connectivity index (χ2n) is 10.00. The van der Waals surface area contributed by atoms with Crippen LogP contribution in [0.15, 0.2) is 35.4 Å². The van der Waals surface area contributed by atoms with Crippen molar-refractivity contribution < 1.29 is 4.39 Å². The van der Waals surface area contributed by atoms with Crippen molar-refractivity contribution in [3.8, 4) is 0 Å². The van der Waals surface area contributed by atoms with Crippen molar-refractivity contribution in [2.24, 2.45) is 10.8 Å². The van der Waals surface area contributed by atoms with E-state index in [1.54, 1.807) is 12.3 Å². The van der Waals surface area contributed by atoms with E-state index >= 15 is 4.39 Å². The molecule has 0 amide bonds. The zero-order valence-corrected chi connectivity index (χ0v) is 22.0. The molecule has 2 aliphatic heterocycles. The highest BCUT2D eigenvalue weighted by Gasteiger charge is 2.28. The average molecular weight is 497 g/mol. The molecule has 6 nitrogen and oxygen atoms in total. The summed E-state index contributed by atoms with van der Waals surface area (Å²) in [5, 5.41) is 4.19. The first-order valence-electron chi connectivity index (χ1n) is 12.4. The number of hydrazone groups is 1. The zero-order valence-electron chi connectivity index (χ0n) is 21.2. The third-order valence-corrected chi connectivity index (χ3v) is 7.72. The minimum absolute atomic E-state index is 0.0838. The summed E-state index contributed by atoms with van der Waals surface area (Å²) in [5.41, 5.74) is 14.6. The van der Waals surface area contributed by atoms with E-state index in [2.05, 4.69) is 71.4 Å². The molecular formula is C27H37FN6S. The summed E-state index contributed by atoms with van der Waals surface area (Å²) in [6, 6.07) is 10.6. The standard InChI is InChI=1S/C27H37FN6S/c1-18-6-5-7-23(19(18)2)20-8-11-33(12-9-20)26-15-25(34-13-10-22(17-34)32(3)4)21(14-24(26)28)16-30-31-27(29)35/h5-7,14-16,20,22H,8-13,17H2,1-4H3,(H3,29,31,35)/b30-16+/t22-/m1/s1. The molecule has 2 saturated heterocycles. The number of rotatable bonds is 6. The Morgan fingerprint density at radius 2 is 1.83 bits per heavy atom. The van der Waals surface area contributed by atoms with Crippen LogP contribution in [0, 0.1) is 19.7 Å². The Morgan fingerprint density at radius 3 is 2.49 bits per heavy atom. The molecule has 0 saturated carbocycles.